The van der Waals surface area contributed by atoms with Gasteiger partial charge in [0.15, 0.2) is 12.1 Å². The highest BCUT2D eigenvalue weighted by Gasteiger charge is 2.45. The molecule has 0 aromatic rings. The Kier molecular flexibility index (Phi) is 21.3. The third-order valence-electron chi connectivity index (χ3n) is 9.55. The zero-order chi connectivity index (χ0) is 38.7. The standard InChI is InChI=1S/C39H65NO12/c1-5-15-30-18-12-10-8-7-9-11-13-19-31(51-38(35(46)24-40)49-26(3)25-41)21-36-27(4)34(45)23-39(48,52-36)22-29(43)17-14-16-28(42)20-33(44)32(6-2)37(47)50-30/h7-13,19,26-27,29-36,38,41,43-46,48H,5-6,14-18,20-25,40H2,1-4H3/b8-7+,11-9+,12-10+,19-13+/t26?,27-,29+,30-,31+,32+,33-,34+,35?,36?,38?,39-/m1/s1. The van der Waals surface area contributed by atoms with Gasteiger partial charge in [-0.1, -0.05) is 75.8 Å². The summed E-state index contributed by atoms with van der Waals surface area (Å²) in [6.45, 7) is 6.68. The number of ether oxygens (including phenoxy) is 4. The van der Waals surface area contributed by atoms with Crippen LogP contribution in [0.5, 0.6) is 0 Å². The quantitative estimate of drug-likeness (QED) is 0.127. The highest BCUT2D eigenvalue weighted by molar-refractivity contribution is 5.80. The molecule has 0 amide bonds. The average Bonchev–Trinajstić information content (AvgIpc) is 3.08. The molecule has 8 N–H and O–H groups in total. The van der Waals surface area contributed by atoms with Crippen molar-refractivity contribution in [2.24, 2.45) is 17.6 Å². The van der Waals surface area contributed by atoms with Crippen LogP contribution in [-0.2, 0) is 28.5 Å². The summed E-state index contributed by atoms with van der Waals surface area (Å²) >= 11 is 0. The predicted molar refractivity (Wildman–Crippen MR) is 195 cm³/mol. The fourth-order valence-electron chi connectivity index (χ4n) is 6.40. The van der Waals surface area contributed by atoms with Crippen LogP contribution < -0.4 is 5.73 Å². The molecular formula is C39H65NO12. The zero-order valence-corrected chi connectivity index (χ0v) is 31.4. The van der Waals surface area contributed by atoms with E-state index < -0.39 is 72.6 Å². The van der Waals surface area contributed by atoms with Crippen molar-refractivity contribution in [3.63, 3.8) is 0 Å². The minimum Gasteiger partial charge on any atom is -0.462 e. The monoisotopic (exact) mass is 739 g/mol. The zero-order valence-electron chi connectivity index (χ0n) is 31.4. The molecule has 52 heavy (non-hydrogen) atoms. The van der Waals surface area contributed by atoms with Crippen LogP contribution in [0.1, 0.15) is 98.3 Å². The minimum absolute atomic E-state index is 0.0601. The predicted octanol–water partition coefficient (Wildman–Crippen LogP) is 2.89. The Hall–Kier alpha value is -2.30. The van der Waals surface area contributed by atoms with Gasteiger partial charge in [0.25, 0.3) is 0 Å². The van der Waals surface area contributed by atoms with Gasteiger partial charge >= 0.3 is 5.97 Å². The van der Waals surface area contributed by atoms with Crippen LogP contribution in [0, 0.1) is 11.8 Å². The summed E-state index contributed by atoms with van der Waals surface area (Å²) in [4.78, 5) is 25.8. The van der Waals surface area contributed by atoms with Gasteiger partial charge in [0.1, 0.15) is 18.0 Å². The number of hydrogen-bond donors (Lipinski definition) is 7. The largest absolute Gasteiger partial charge is 0.462 e. The van der Waals surface area contributed by atoms with E-state index in [1.165, 1.54) is 0 Å². The number of rotatable bonds is 10. The van der Waals surface area contributed by atoms with Gasteiger partial charge in [-0.25, -0.2) is 0 Å². The first-order valence-electron chi connectivity index (χ1n) is 18.9. The second-order valence-corrected chi connectivity index (χ2v) is 14.2. The molecule has 2 aliphatic rings. The van der Waals surface area contributed by atoms with Crippen LogP contribution >= 0.6 is 0 Å². The van der Waals surface area contributed by atoms with Gasteiger partial charge in [0, 0.05) is 51.0 Å². The number of ketones is 1. The van der Waals surface area contributed by atoms with E-state index in [1.807, 2.05) is 31.2 Å². The normalized spacial score (nSPS) is 36.5. The van der Waals surface area contributed by atoms with Crippen molar-refractivity contribution >= 4 is 11.8 Å². The molecule has 2 heterocycles. The molecule has 2 aliphatic heterocycles. The minimum atomic E-state index is -1.88. The summed E-state index contributed by atoms with van der Waals surface area (Å²) < 4.78 is 23.8. The Morgan fingerprint density at radius 1 is 1.04 bits per heavy atom. The SMILES string of the molecule is CCC[C@@H]1C/C=C/C=C/C=C/C=C/[C@H](OC(OC(C)CO)C(O)CN)CC2O[C@](O)(C[C@@H](O)CCCC(=O)C[C@@H](O)[C@H](CC)C(=O)O1)C[C@H](O)[C@H]2C. The van der Waals surface area contributed by atoms with E-state index in [0.29, 0.717) is 19.3 Å². The summed E-state index contributed by atoms with van der Waals surface area (Å²) in [5.41, 5.74) is 5.71. The Labute approximate surface area is 309 Å². The Bertz CT molecular complexity index is 1160. The molecule has 0 spiro atoms. The first-order chi connectivity index (χ1) is 24.7. The van der Waals surface area contributed by atoms with E-state index in [0.717, 1.165) is 6.42 Å². The lowest BCUT2D eigenvalue weighted by Gasteiger charge is -2.45. The maximum Gasteiger partial charge on any atom is 0.311 e. The van der Waals surface area contributed by atoms with Crippen molar-refractivity contribution in [2.45, 2.75) is 159 Å². The van der Waals surface area contributed by atoms with Gasteiger partial charge in [-0.3, -0.25) is 9.59 Å². The van der Waals surface area contributed by atoms with Crippen molar-refractivity contribution in [3.8, 4) is 0 Å². The van der Waals surface area contributed by atoms with Gasteiger partial charge < -0.3 is 55.3 Å². The third-order valence-corrected chi connectivity index (χ3v) is 9.55. The number of carbonyl (C=O) groups excluding carboxylic acids is 2. The molecule has 2 rings (SSSR count). The number of hydrogen-bond acceptors (Lipinski definition) is 13. The molecule has 13 nitrogen and oxygen atoms in total. The number of carbonyl (C=O) groups is 2. The van der Waals surface area contributed by atoms with Gasteiger partial charge in [-0.15, -0.1) is 0 Å². The number of allylic oxidation sites excluding steroid dienone is 6. The van der Waals surface area contributed by atoms with Crippen molar-refractivity contribution in [3.05, 3.63) is 48.6 Å². The van der Waals surface area contributed by atoms with Crippen LogP contribution in [0.4, 0.5) is 0 Å². The molecule has 0 radical (unpaired) electrons. The van der Waals surface area contributed by atoms with Crippen LogP contribution in [0.15, 0.2) is 48.6 Å². The summed E-state index contributed by atoms with van der Waals surface area (Å²) in [6.07, 6.45) is 8.49. The highest BCUT2D eigenvalue weighted by atomic mass is 16.7. The van der Waals surface area contributed by atoms with Gasteiger partial charge in [0.2, 0.25) is 0 Å². The van der Waals surface area contributed by atoms with Crippen LogP contribution in [0.3, 0.4) is 0 Å². The van der Waals surface area contributed by atoms with E-state index >= 15 is 0 Å². The maximum absolute atomic E-state index is 13.0. The lowest BCUT2D eigenvalue weighted by atomic mass is 9.84. The Morgan fingerprint density at radius 3 is 2.38 bits per heavy atom. The summed E-state index contributed by atoms with van der Waals surface area (Å²) in [5.74, 6) is -3.95. The van der Waals surface area contributed by atoms with E-state index in [4.69, 9.17) is 24.7 Å². The number of esters is 1. The highest BCUT2D eigenvalue weighted by Crippen LogP contribution is 2.37. The van der Waals surface area contributed by atoms with E-state index in [2.05, 4.69) is 0 Å². The van der Waals surface area contributed by atoms with Gasteiger partial charge in [-0.05, 0) is 32.6 Å². The molecule has 1 saturated heterocycles. The molecule has 0 aliphatic carbocycles. The molecule has 0 saturated carbocycles. The molecule has 2 bridgehead atoms. The van der Waals surface area contributed by atoms with E-state index in [1.54, 1.807) is 45.1 Å². The second kappa shape index (κ2) is 24.2. The molecule has 4 unspecified atom stereocenters. The second-order valence-electron chi connectivity index (χ2n) is 14.2. The van der Waals surface area contributed by atoms with Crippen LogP contribution in [0.2, 0.25) is 0 Å². The lowest BCUT2D eigenvalue weighted by Crippen LogP contribution is -2.53. The number of cyclic esters (lactones) is 1. The molecule has 13 heteroatoms. The van der Waals surface area contributed by atoms with Gasteiger partial charge in [-0.2, -0.15) is 0 Å². The summed E-state index contributed by atoms with van der Waals surface area (Å²) in [5, 5.41) is 64.2. The first kappa shape index (κ1) is 45.9. The van der Waals surface area contributed by atoms with Crippen molar-refractivity contribution in [2.75, 3.05) is 13.2 Å². The summed E-state index contributed by atoms with van der Waals surface area (Å²) in [6, 6.07) is 0. The fourth-order valence-corrected chi connectivity index (χ4v) is 6.40. The van der Waals surface area contributed by atoms with Gasteiger partial charge in [0.05, 0.1) is 49.1 Å². The number of nitrogens with two attached hydrogens (primary N) is 1. The van der Waals surface area contributed by atoms with Crippen molar-refractivity contribution in [1.29, 1.82) is 0 Å². The number of Topliss-reactive ketones (excluding diaryl/α,β-unsaturated/α-hetero) is 1. The Morgan fingerprint density at radius 2 is 1.73 bits per heavy atom. The third kappa shape index (κ3) is 16.4. The van der Waals surface area contributed by atoms with Crippen LogP contribution in [-0.4, -0.2) is 116 Å². The van der Waals surface area contributed by atoms with E-state index in [-0.39, 0.29) is 70.0 Å². The molecule has 0 aromatic heterocycles. The topological polar surface area (TPSA) is 218 Å². The maximum atomic E-state index is 13.0. The average molecular weight is 740 g/mol. The van der Waals surface area contributed by atoms with Crippen molar-refractivity contribution in [1.82, 2.24) is 0 Å². The van der Waals surface area contributed by atoms with E-state index in [9.17, 15) is 40.2 Å². The molecular weight excluding hydrogens is 674 g/mol. The number of aliphatic hydroxyl groups is 6. The van der Waals surface area contributed by atoms with Crippen LogP contribution in [0.25, 0.3) is 0 Å². The summed E-state index contributed by atoms with van der Waals surface area (Å²) in [7, 11) is 0. The molecule has 298 valence electrons. The molecule has 1 fully saturated rings. The van der Waals surface area contributed by atoms with Crippen molar-refractivity contribution < 1.29 is 59.2 Å². The lowest BCUT2D eigenvalue weighted by molar-refractivity contribution is -0.304. The molecule has 12 atom stereocenters. The molecule has 0 aromatic carbocycles. The number of aliphatic hydroxyl groups excluding tert-OH is 5. The Balaban J connectivity index is 2.38. The fraction of sp³-hybridized carbons (Fsp3) is 0.744. The first-order valence-corrected chi connectivity index (χ1v) is 18.9. The number of fused-ring (bicyclic) bond motifs is 2. The smallest absolute Gasteiger partial charge is 0.311 e.